The molecule has 0 bridgehead atoms. The minimum Gasteiger partial charge on any atom is -0.364 e. The molecule has 3 N–H and O–H groups in total. The van der Waals surface area contributed by atoms with Crippen molar-refractivity contribution in [1.82, 2.24) is 15.6 Å². The Morgan fingerprint density at radius 2 is 2.46 bits per heavy atom. The van der Waals surface area contributed by atoms with Crippen molar-refractivity contribution >= 4 is 0 Å². The molecule has 1 aliphatic carbocycles. The molecule has 2 rings (SSSR count). The number of likely N-dealkylation sites (N-methyl/N-ethyl adjacent to an activating group) is 1. The normalized spacial score (nSPS) is 18.8. The van der Waals surface area contributed by atoms with E-state index in [0.717, 1.165) is 12.6 Å². The molecule has 1 aromatic rings. The van der Waals surface area contributed by atoms with Crippen LogP contribution in [-0.2, 0) is 0 Å². The van der Waals surface area contributed by atoms with Crippen LogP contribution in [0.4, 0.5) is 0 Å². The van der Waals surface area contributed by atoms with E-state index in [-0.39, 0.29) is 0 Å². The molecule has 0 saturated heterocycles. The van der Waals surface area contributed by atoms with Gasteiger partial charge >= 0.3 is 0 Å². The lowest BCUT2D eigenvalue weighted by molar-refractivity contribution is 0.517. The van der Waals surface area contributed by atoms with E-state index in [2.05, 4.69) is 21.7 Å². The van der Waals surface area contributed by atoms with Gasteiger partial charge in [0.05, 0.1) is 6.04 Å². The molecule has 1 aliphatic rings. The number of hydrogen-bond donors (Lipinski definition) is 3. The first-order valence-electron chi connectivity index (χ1n) is 4.94. The van der Waals surface area contributed by atoms with Crippen LogP contribution in [0.5, 0.6) is 0 Å². The predicted molar refractivity (Wildman–Crippen MR) is 53.6 cm³/mol. The van der Waals surface area contributed by atoms with Crippen LogP contribution in [0.1, 0.15) is 24.6 Å². The second-order valence-electron chi connectivity index (χ2n) is 3.65. The number of nitrogens with one attached hydrogen (secondary N) is 3. The molecule has 13 heavy (non-hydrogen) atoms. The lowest BCUT2D eigenvalue weighted by Gasteiger charge is -2.15. The van der Waals surface area contributed by atoms with Crippen LogP contribution >= 0.6 is 0 Å². The molecule has 1 aromatic heterocycles. The van der Waals surface area contributed by atoms with Crippen molar-refractivity contribution in [3.05, 3.63) is 24.0 Å². The maximum absolute atomic E-state index is 3.51. The zero-order valence-electron chi connectivity index (χ0n) is 8.01. The van der Waals surface area contributed by atoms with Gasteiger partial charge in [-0.2, -0.15) is 0 Å². The van der Waals surface area contributed by atoms with Gasteiger partial charge in [-0.3, -0.25) is 0 Å². The Hall–Kier alpha value is -0.800. The molecule has 0 aliphatic heterocycles. The number of rotatable bonds is 5. The third-order valence-corrected chi connectivity index (χ3v) is 2.53. The van der Waals surface area contributed by atoms with Gasteiger partial charge in [0.15, 0.2) is 0 Å². The number of aromatic nitrogens is 1. The van der Waals surface area contributed by atoms with Crippen LogP contribution in [0.2, 0.25) is 0 Å². The molecule has 0 radical (unpaired) electrons. The monoisotopic (exact) mass is 179 g/mol. The minimum atomic E-state index is 0.413. The fraction of sp³-hybridized carbons (Fsp3) is 0.600. The van der Waals surface area contributed by atoms with Gasteiger partial charge in [-0.1, -0.05) is 0 Å². The van der Waals surface area contributed by atoms with E-state index >= 15 is 0 Å². The summed E-state index contributed by atoms with van der Waals surface area (Å²) in [5, 5.41) is 6.81. The van der Waals surface area contributed by atoms with Gasteiger partial charge in [0.2, 0.25) is 0 Å². The number of hydrogen-bond acceptors (Lipinski definition) is 2. The summed E-state index contributed by atoms with van der Waals surface area (Å²) in [6.07, 6.45) is 4.67. The third-order valence-electron chi connectivity index (χ3n) is 2.53. The van der Waals surface area contributed by atoms with Crippen LogP contribution in [0.15, 0.2) is 18.3 Å². The van der Waals surface area contributed by atoms with Crippen molar-refractivity contribution in [2.24, 2.45) is 0 Å². The molecule has 0 amide bonds. The zero-order chi connectivity index (χ0) is 9.10. The van der Waals surface area contributed by atoms with Crippen molar-refractivity contribution in [3.8, 4) is 0 Å². The van der Waals surface area contributed by atoms with Crippen LogP contribution < -0.4 is 10.6 Å². The molecule has 1 saturated carbocycles. The van der Waals surface area contributed by atoms with E-state index in [1.165, 1.54) is 18.5 Å². The Kier molecular flexibility index (Phi) is 2.66. The Morgan fingerprint density at radius 3 is 3.00 bits per heavy atom. The molecule has 3 heteroatoms. The summed E-state index contributed by atoms with van der Waals surface area (Å²) >= 11 is 0. The minimum absolute atomic E-state index is 0.413. The van der Waals surface area contributed by atoms with Gasteiger partial charge in [-0.15, -0.1) is 0 Å². The average Bonchev–Trinajstić information content (AvgIpc) is 2.81. The summed E-state index contributed by atoms with van der Waals surface area (Å²) in [6.45, 7) is 1.02. The molecular formula is C10H17N3. The SMILES string of the molecule is CNC(CNC1CC1)c1ccc[nH]1. The third kappa shape index (κ3) is 2.32. The molecular weight excluding hydrogens is 162 g/mol. The fourth-order valence-corrected chi connectivity index (χ4v) is 1.50. The standard InChI is InChI=1S/C10H17N3/c1-11-10(7-13-8-4-5-8)9-3-2-6-12-9/h2-3,6,8,10-13H,4-5,7H2,1H3. The van der Waals surface area contributed by atoms with E-state index in [9.17, 15) is 0 Å². The van der Waals surface area contributed by atoms with Crippen LogP contribution in [0.25, 0.3) is 0 Å². The summed E-state index contributed by atoms with van der Waals surface area (Å²) < 4.78 is 0. The van der Waals surface area contributed by atoms with Gasteiger partial charge in [0.1, 0.15) is 0 Å². The maximum atomic E-state index is 3.51. The first-order valence-corrected chi connectivity index (χ1v) is 4.94. The molecule has 1 fully saturated rings. The molecule has 72 valence electrons. The zero-order valence-corrected chi connectivity index (χ0v) is 8.01. The highest BCUT2D eigenvalue weighted by Crippen LogP contribution is 2.19. The second kappa shape index (κ2) is 3.94. The van der Waals surface area contributed by atoms with Crippen molar-refractivity contribution in [2.75, 3.05) is 13.6 Å². The van der Waals surface area contributed by atoms with E-state index in [1.807, 2.05) is 19.3 Å². The Labute approximate surface area is 78.9 Å². The Bertz CT molecular complexity index is 239. The van der Waals surface area contributed by atoms with E-state index < -0.39 is 0 Å². The predicted octanol–water partition coefficient (Wildman–Crippen LogP) is 1.03. The Balaban J connectivity index is 1.85. The van der Waals surface area contributed by atoms with Gasteiger partial charge in [-0.25, -0.2) is 0 Å². The first kappa shape index (κ1) is 8.78. The summed E-state index contributed by atoms with van der Waals surface area (Å²) in [7, 11) is 2.00. The first-order chi connectivity index (χ1) is 6.40. The smallest absolute Gasteiger partial charge is 0.0597 e. The molecule has 3 nitrogen and oxygen atoms in total. The van der Waals surface area contributed by atoms with Crippen LogP contribution in [-0.4, -0.2) is 24.6 Å². The molecule has 1 atom stereocenters. The van der Waals surface area contributed by atoms with Gasteiger partial charge in [0.25, 0.3) is 0 Å². The van der Waals surface area contributed by atoms with Crippen molar-refractivity contribution in [2.45, 2.75) is 24.9 Å². The van der Waals surface area contributed by atoms with Gasteiger partial charge in [0, 0.05) is 24.5 Å². The van der Waals surface area contributed by atoms with Crippen LogP contribution in [0, 0.1) is 0 Å². The van der Waals surface area contributed by atoms with E-state index in [1.54, 1.807) is 0 Å². The van der Waals surface area contributed by atoms with Crippen molar-refractivity contribution < 1.29 is 0 Å². The quantitative estimate of drug-likeness (QED) is 0.631. The van der Waals surface area contributed by atoms with E-state index in [0.29, 0.717) is 6.04 Å². The molecule has 0 spiro atoms. The molecule has 0 aromatic carbocycles. The van der Waals surface area contributed by atoms with Gasteiger partial charge < -0.3 is 15.6 Å². The lowest BCUT2D eigenvalue weighted by Crippen LogP contribution is -2.30. The summed E-state index contributed by atoms with van der Waals surface area (Å²) in [5.74, 6) is 0. The highest BCUT2D eigenvalue weighted by atomic mass is 15.0. The highest BCUT2D eigenvalue weighted by Gasteiger charge is 2.21. The maximum Gasteiger partial charge on any atom is 0.0597 e. The number of aromatic amines is 1. The van der Waals surface area contributed by atoms with Gasteiger partial charge in [-0.05, 0) is 32.0 Å². The van der Waals surface area contributed by atoms with E-state index in [4.69, 9.17) is 0 Å². The summed E-state index contributed by atoms with van der Waals surface area (Å²) in [6, 6.07) is 5.36. The topological polar surface area (TPSA) is 39.8 Å². The summed E-state index contributed by atoms with van der Waals surface area (Å²) in [4.78, 5) is 3.23. The fourth-order valence-electron chi connectivity index (χ4n) is 1.50. The largest absolute Gasteiger partial charge is 0.364 e. The highest BCUT2D eigenvalue weighted by molar-refractivity contribution is 5.09. The van der Waals surface area contributed by atoms with Crippen LogP contribution in [0.3, 0.4) is 0 Å². The van der Waals surface area contributed by atoms with Crippen molar-refractivity contribution in [3.63, 3.8) is 0 Å². The van der Waals surface area contributed by atoms with Crippen molar-refractivity contribution in [1.29, 1.82) is 0 Å². The molecule has 1 unspecified atom stereocenters. The summed E-state index contributed by atoms with van der Waals surface area (Å²) in [5.41, 5.74) is 1.26. The second-order valence-corrected chi connectivity index (χ2v) is 3.65. The number of H-pyrrole nitrogens is 1. The molecule has 1 heterocycles. The lowest BCUT2D eigenvalue weighted by atomic mass is 10.2. The Morgan fingerprint density at radius 1 is 1.62 bits per heavy atom. The average molecular weight is 179 g/mol.